The Hall–Kier alpha value is -0.140. The molecule has 0 aromatic heterocycles. The Kier molecular flexibility index (Phi) is 7.17. The molecule has 5 nitrogen and oxygen atoms in total. The highest BCUT2D eigenvalue weighted by Gasteiger charge is 2.21. The second-order valence-corrected chi connectivity index (χ2v) is 5.04. The summed E-state index contributed by atoms with van der Waals surface area (Å²) in [6.07, 6.45) is -1.61. The van der Waals surface area contributed by atoms with E-state index in [-0.39, 0.29) is 24.6 Å². The molecule has 6 heteroatoms. The molecule has 0 fully saturated rings. The Labute approximate surface area is 102 Å². The molecule has 0 rings (SSSR count). The number of carbonyl (C=O) groups excluding carboxylic acids is 1. The lowest BCUT2D eigenvalue weighted by Gasteiger charge is -2.20. The van der Waals surface area contributed by atoms with E-state index in [0.29, 0.717) is 0 Å². The highest BCUT2D eigenvalue weighted by molar-refractivity contribution is 7.80. The average molecular weight is 250 g/mol. The number of carbonyl (C=O) groups is 1. The van der Waals surface area contributed by atoms with Crippen molar-refractivity contribution < 1.29 is 15.0 Å². The van der Waals surface area contributed by atoms with Crippen LogP contribution < -0.4 is 10.6 Å². The molecule has 96 valence electrons. The Morgan fingerprint density at radius 2 is 1.81 bits per heavy atom. The van der Waals surface area contributed by atoms with Gasteiger partial charge in [0, 0.05) is 17.7 Å². The standard InChI is InChI=1S/C10H22N2O3S/c1-10(2,3)7(13)4-11-8(14)5-12-9(15)6-16/h8-9,11-12,14-16H,4-6H2,1-3H3. The molecule has 16 heavy (non-hydrogen) atoms. The van der Waals surface area contributed by atoms with Gasteiger partial charge in [-0.25, -0.2) is 0 Å². The molecule has 0 aliphatic carbocycles. The second-order valence-electron chi connectivity index (χ2n) is 4.68. The number of hydrogen-bond donors (Lipinski definition) is 5. The maximum Gasteiger partial charge on any atom is 0.151 e. The minimum absolute atomic E-state index is 0.0290. The van der Waals surface area contributed by atoms with Gasteiger partial charge in [0.15, 0.2) is 5.78 Å². The molecule has 0 spiro atoms. The van der Waals surface area contributed by atoms with Crippen LogP contribution in [0.5, 0.6) is 0 Å². The van der Waals surface area contributed by atoms with Crippen molar-refractivity contribution in [3.8, 4) is 0 Å². The Morgan fingerprint density at radius 1 is 1.25 bits per heavy atom. The zero-order chi connectivity index (χ0) is 12.8. The van der Waals surface area contributed by atoms with E-state index in [9.17, 15) is 9.90 Å². The highest BCUT2D eigenvalue weighted by atomic mass is 32.1. The number of ketones is 1. The van der Waals surface area contributed by atoms with E-state index in [1.807, 2.05) is 20.8 Å². The topological polar surface area (TPSA) is 81.6 Å². The quantitative estimate of drug-likeness (QED) is 0.306. The number of nitrogens with one attached hydrogen (secondary N) is 2. The normalized spacial score (nSPS) is 15.9. The SMILES string of the molecule is CC(C)(C)C(=O)CNC(O)CNC(O)CS. The van der Waals surface area contributed by atoms with E-state index in [1.54, 1.807) is 0 Å². The fourth-order valence-electron chi connectivity index (χ4n) is 0.860. The average Bonchev–Trinajstić information content (AvgIpc) is 2.20. The van der Waals surface area contributed by atoms with Gasteiger partial charge in [0.1, 0.15) is 12.5 Å². The van der Waals surface area contributed by atoms with Gasteiger partial charge in [-0.05, 0) is 0 Å². The van der Waals surface area contributed by atoms with Crippen LogP contribution in [0.25, 0.3) is 0 Å². The van der Waals surface area contributed by atoms with Gasteiger partial charge < -0.3 is 10.2 Å². The van der Waals surface area contributed by atoms with Gasteiger partial charge >= 0.3 is 0 Å². The van der Waals surface area contributed by atoms with Crippen LogP contribution in [0.4, 0.5) is 0 Å². The smallest absolute Gasteiger partial charge is 0.151 e. The van der Waals surface area contributed by atoms with Crippen molar-refractivity contribution in [3.63, 3.8) is 0 Å². The summed E-state index contributed by atoms with van der Waals surface area (Å²) < 4.78 is 0. The third kappa shape index (κ3) is 7.19. The van der Waals surface area contributed by atoms with Gasteiger partial charge in [-0.1, -0.05) is 20.8 Å². The van der Waals surface area contributed by atoms with Gasteiger partial charge in [-0.2, -0.15) is 12.6 Å². The van der Waals surface area contributed by atoms with Gasteiger partial charge in [0.05, 0.1) is 6.54 Å². The molecule has 0 aromatic rings. The first kappa shape index (κ1) is 15.9. The van der Waals surface area contributed by atoms with Gasteiger partial charge in [0.2, 0.25) is 0 Å². The molecule has 0 aliphatic heterocycles. The molecule has 0 aromatic carbocycles. The summed E-state index contributed by atoms with van der Waals surface area (Å²) >= 11 is 3.87. The van der Waals surface area contributed by atoms with Crippen LogP contribution in [0.2, 0.25) is 0 Å². The van der Waals surface area contributed by atoms with E-state index in [2.05, 4.69) is 23.3 Å². The molecule has 0 amide bonds. The number of rotatable bonds is 7. The third-order valence-electron chi connectivity index (χ3n) is 2.05. The largest absolute Gasteiger partial charge is 0.378 e. The van der Waals surface area contributed by atoms with Crippen LogP contribution in [-0.4, -0.2) is 47.3 Å². The monoisotopic (exact) mass is 250 g/mol. The zero-order valence-corrected chi connectivity index (χ0v) is 10.9. The van der Waals surface area contributed by atoms with Crippen molar-refractivity contribution in [2.24, 2.45) is 5.41 Å². The summed E-state index contributed by atoms with van der Waals surface area (Å²) in [5.74, 6) is 0.300. The van der Waals surface area contributed by atoms with Crippen LogP contribution in [0, 0.1) is 5.41 Å². The van der Waals surface area contributed by atoms with Crippen LogP contribution in [0.1, 0.15) is 20.8 Å². The fourth-order valence-corrected chi connectivity index (χ4v) is 0.989. The lowest BCUT2D eigenvalue weighted by molar-refractivity contribution is -0.126. The number of aliphatic hydroxyl groups excluding tert-OH is 2. The highest BCUT2D eigenvalue weighted by Crippen LogP contribution is 2.13. The Balaban J connectivity index is 3.73. The number of Topliss-reactive ketones (excluding diaryl/α,β-unsaturated/α-hetero) is 1. The summed E-state index contributed by atoms with van der Waals surface area (Å²) in [6.45, 7) is 5.76. The summed E-state index contributed by atoms with van der Waals surface area (Å²) in [6, 6.07) is 0. The van der Waals surface area contributed by atoms with Crippen LogP contribution in [0.15, 0.2) is 0 Å². The lowest BCUT2D eigenvalue weighted by Crippen LogP contribution is -2.45. The van der Waals surface area contributed by atoms with Crippen LogP contribution in [-0.2, 0) is 4.79 Å². The molecule has 0 bridgehead atoms. The molecule has 0 heterocycles. The molecule has 0 saturated carbocycles. The third-order valence-corrected chi connectivity index (χ3v) is 2.40. The minimum Gasteiger partial charge on any atom is -0.378 e. The summed E-state index contributed by atoms with van der Waals surface area (Å²) in [7, 11) is 0. The van der Waals surface area contributed by atoms with Crippen molar-refractivity contribution in [1.82, 2.24) is 10.6 Å². The van der Waals surface area contributed by atoms with Gasteiger partial charge in [-0.3, -0.25) is 15.4 Å². The van der Waals surface area contributed by atoms with Crippen molar-refractivity contribution in [3.05, 3.63) is 0 Å². The van der Waals surface area contributed by atoms with E-state index < -0.39 is 17.9 Å². The Bertz CT molecular complexity index is 219. The maximum absolute atomic E-state index is 11.5. The number of thiol groups is 1. The van der Waals surface area contributed by atoms with Gasteiger partial charge in [-0.15, -0.1) is 0 Å². The maximum atomic E-state index is 11.5. The first-order valence-electron chi connectivity index (χ1n) is 5.24. The second kappa shape index (κ2) is 7.24. The van der Waals surface area contributed by atoms with Crippen LogP contribution in [0.3, 0.4) is 0 Å². The van der Waals surface area contributed by atoms with Crippen molar-refractivity contribution in [2.45, 2.75) is 33.2 Å². The molecule has 0 saturated heterocycles. The molecule has 0 radical (unpaired) electrons. The molecular weight excluding hydrogens is 228 g/mol. The Morgan fingerprint density at radius 3 is 2.25 bits per heavy atom. The van der Waals surface area contributed by atoms with E-state index in [1.165, 1.54) is 0 Å². The van der Waals surface area contributed by atoms with Crippen molar-refractivity contribution >= 4 is 18.4 Å². The first-order chi connectivity index (χ1) is 7.27. The summed E-state index contributed by atoms with van der Waals surface area (Å²) in [5, 5.41) is 23.9. The molecule has 4 N–H and O–H groups in total. The van der Waals surface area contributed by atoms with Crippen molar-refractivity contribution in [2.75, 3.05) is 18.8 Å². The lowest BCUT2D eigenvalue weighted by atomic mass is 9.91. The summed E-state index contributed by atoms with van der Waals surface area (Å²) in [4.78, 5) is 11.5. The van der Waals surface area contributed by atoms with Crippen LogP contribution >= 0.6 is 12.6 Å². The fraction of sp³-hybridized carbons (Fsp3) is 0.900. The molecular formula is C10H22N2O3S. The number of hydrogen-bond acceptors (Lipinski definition) is 6. The van der Waals surface area contributed by atoms with E-state index in [4.69, 9.17) is 5.11 Å². The predicted molar refractivity (Wildman–Crippen MR) is 66.3 cm³/mol. The minimum atomic E-state index is -0.860. The summed E-state index contributed by atoms with van der Waals surface area (Å²) in [5.41, 5.74) is -0.412. The van der Waals surface area contributed by atoms with Gasteiger partial charge in [0.25, 0.3) is 0 Å². The van der Waals surface area contributed by atoms with E-state index >= 15 is 0 Å². The molecule has 2 atom stereocenters. The first-order valence-corrected chi connectivity index (χ1v) is 5.87. The van der Waals surface area contributed by atoms with E-state index in [0.717, 1.165) is 0 Å². The number of aliphatic hydroxyl groups is 2. The predicted octanol–water partition coefficient (Wildman–Crippen LogP) is -0.653. The molecule has 2 unspecified atom stereocenters. The van der Waals surface area contributed by atoms with Crippen molar-refractivity contribution in [1.29, 1.82) is 0 Å². The molecule has 0 aliphatic rings. The zero-order valence-electron chi connectivity index (χ0n) is 10.0.